The van der Waals surface area contributed by atoms with Crippen LogP contribution < -0.4 is 26.0 Å². The van der Waals surface area contributed by atoms with E-state index in [4.69, 9.17) is 4.74 Å². The minimum Gasteiger partial charge on any atom is -0.392 e. The summed E-state index contributed by atoms with van der Waals surface area (Å²) in [5, 5.41) is 17.3. The third-order valence-corrected chi connectivity index (χ3v) is 10.3. The third kappa shape index (κ3) is 5.39. The van der Waals surface area contributed by atoms with Gasteiger partial charge in [-0.05, 0) is 61.1 Å². The number of pyridine rings is 3. The number of amides is 1. The summed E-state index contributed by atoms with van der Waals surface area (Å²) in [4.78, 5) is 42.7. The molecule has 47 heavy (non-hydrogen) atoms. The van der Waals surface area contributed by atoms with E-state index >= 15 is 0 Å². The van der Waals surface area contributed by atoms with Crippen molar-refractivity contribution in [1.82, 2.24) is 24.8 Å². The molecule has 0 spiro atoms. The Morgan fingerprint density at radius 2 is 1.87 bits per heavy atom. The quantitative estimate of drug-likeness (QED) is 0.356. The number of hydrogen-bond acceptors (Lipinski definition) is 10. The number of aromatic nitrogens is 3. The van der Waals surface area contributed by atoms with Crippen LogP contribution in [0.15, 0.2) is 70.1 Å². The number of allylic oxidation sites excluding steroid dienone is 2. The molecule has 6 heterocycles. The van der Waals surface area contributed by atoms with Crippen molar-refractivity contribution < 1.29 is 14.6 Å². The van der Waals surface area contributed by atoms with Crippen LogP contribution >= 0.6 is 0 Å². The third-order valence-electron chi connectivity index (χ3n) is 10.3. The van der Waals surface area contributed by atoms with Gasteiger partial charge in [0.1, 0.15) is 17.3 Å². The Labute approximate surface area is 273 Å². The first-order valence-corrected chi connectivity index (χ1v) is 16.6. The van der Waals surface area contributed by atoms with Crippen molar-refractivity contribution in [2.75, 3.05) is 61.2 Å². The van der Waals surface area contributed by atoms with Gasteiger partial charge in [0.25, 0.3) is 11.5 Å². The lowest BCUT2D eigenvalue weighted by molar-refractivity contribution is -0.115. The SMILES string of the molecule is Cn1cc(-c2ccnc(N3CNC4=C(CC5=C4CCCC5)C3=O)c2CO)cc(Nc2ccc(N3CCN(C4COC4)CC3)cn2)c1=O. The highest BCUT2D eigenvalue weighted by Gasteiger charge is 2.37. The number of aliphatic hydroxyl groups excluding tert-OH is 1. The van der Waals surface area contributed by atoms with Crippen LogP contribution in [0.1, 0.15) is 37.7 Å². The monoisotopic (exact) mass is 636 g/mol. The minimum absolute atomic E-state index is 0.0697. The van der Waals surface area contributed by atoms with Crippen LogP contribution in [-0.4, -0.2) is 82.6 Å². The fraction of sp³-hybridized carbons (Fsp3) is 0.429. The van der Waals surface area contributed by atoms with Gasteiger partial charge in [0.2, 0.25) is 0 Å². The molecule has 2 fully saturated rings. The predicted molar refractivity (Wildman–Crippen MR) is 179 cm³/mol. The average molecular weight is 637 g/mol. The van der Waals surface area contributed by atoms with Crippen LogP contribution in [-0.2, 0) is 23.2 Å². The summed E-state index contributed by atoms with van der Waals surface area (Å²) in [6.45, 7) is 5.51. The van der Waals surface area contributed by atoms with E-state index < -0.39 is 0 Å². The molecule has 8 rings (SSSR count). The molecule has 244 valence electrons. The Balaban J connectivity index is 1.02. The van der Waals surface area contributed by atoms with Gasteiger partial charge in [-0.25, -0.2) is 9.97 Å². The standard InChI is InChI=1S/C35H40N8O4/c1-40-17-23(15-30(35(40)46)39-31-7-6-24(16-37-31)41-10-12-42(13-11-41)25-19-47-20-25)26-8-9-36-33(29(26)18-44)43-21-38-32-27-5-3-2-4-22(27)14-28(32)34(43)45/h6-9,15-17,25,38,44H,2-5,10-14,18-21H2,1H3,(H,37,39). The molecule has 2 aliphatic carbocycles. The lowest BCUT2D eigenvalue weighted by Crippen LogP contribution is -2.56. The van der Waals surface area contributed by atoms with E-state index in [0.29, 0.717) is 46.5 Å². The number of anilines is 4. The van der Waals surface area contributed by atoms with Crippen molar-refractivity contribution in [3.8, 4) is 11.1 Å². The molecule has 3 aromatic heterocycles. The summed E-state index contributed by atoms with van der Waals surface area (Å²) in [7, 11) is 1.70. The summed E-state index contributed by atoms with van der Waals surface area (Å²) < 4.78 is 6.87. The molecular formula is C35H40N8O4. The van der Waals surface area contributed by atoms with Crippen LogP contribution in [0.25, 0.3) is 11.1 Å². The molecule has 0 unspecified atom stereocenters. The molecule has 12 nitrogen and oxygen atoms in total. The van der Waals surface area contributed by atoms with Gasteiger partial charge in [-0.1, -0.05) is 5.57 Å². The Hall–Kier alpha value is -4.52. The number of carbonyl (C=O) groups is 1. The van der Waals surface area contributed by atoms with E-state index in [1.165, 1.54) is 22.1 Å². The topological polar surface area (TPSA) is 128 Å². The Morgan fingerprint density at radius 3 is 2.62 bits per heavy atom. The summed E-state index contributed by atoms with van der Waals surface area (Å²) >= 11 is 0. The van der Waals surface area contributed by atoms with Crippen molar-refractivity contribution in [1.29, 1.82) is 0 Å². The number of piperazine rings is 1. The highest BCUT2D eigenvalue weighted by atomic mass is 16.5. The molecule has 0 atom stereocenters. The van der Waals surface area contributed by atoms with E-state index in [2.05, 4.69) is 30.4 Å². The zero-order chi connectivity index (χ0) is 32.1. The summed E-state index contributed by atoms with van der Waals surface area (Å²) in [6, 6.07) is 8.06. The number of aryl methyl sites for hydroxylation is 1. The van der Waals surface area contributed by atoms with Crippen molar-refractivity contribution >= 4 is 28.9 Å². The van der Waals surface area contributed by atoms with Crippen molar-refractivity contribution in [2.24, 2.45) is 7.05 Å². The second kappa shape index (κ2) is 12.3. The highest BCUT2D eigenvalue weighted by Crippen LogP contribution is 2.43. The smallest absolute Gasteiger partial charge is 0.274 e. The molecule has 12 heteroatoms. The zero-order valence-electron chi connectivity index (χ0n) is 26.7. The molecule has 5 aliphatic rings. The van der Waals surface area contributed by atoms with Crippen LogP contribution in [0.3, 0.4) is 0 Å². The van der Waals surface area contributed by atoms with E-state index in [0.717, 1.165) is 75.6 Å². The maximum Gasteiger partial charge on any atom is 0.274 e. The molecule has 3 N–H and O–H groups in total. The number of carbonyl (C=O) groups excluding carboxylic acids is 1. The molecule has 3 aliphatic heterocycles. The van der Waals surface area contributed by atoms with Gasteiger partial charge >= 0.3 is 0 Å². The lowest BCUT2D eigenvalue weighted by Gasteiger charge is -2.43. The van der Waals surface area contributed by atoms with Gasteiger partial charge in [0, 0.05) is 74.4 Å². The molecule has 1 amide bonds. The maximum atomic E-state index is 13.8. The molecule has 0 bridgehead atoms. The van der Waals surface area contributed by atoms with E-state index in [-0.39, 0.29) is 24.7 Å². The number of nitrogens with zero attached hydrogens (tertiary/aromatic N) is 6. The first-order valence-electron chi connectivity index (χ1n) is 16.6. The van der Waals surface area contributed by atoms with Crippen molar-refractivity contribution in [3.05, 3.63) is 81.2 Å². The summed E-state index contributed by atoms with van der Waals surface area (Å²) in [6.07, 6.45) is 10.3. The number of fused-ring (bicyclic) bond motifs is 1. The largest absolute Gasteiger partial charge is 0.392 e. The molecule has 2 saturated heterocycles. The highest BCUT2D eigenvalue weighted by molar-refractivity contribution is 6.08. The molecule has 0 aromatic carbocycles. The van der Waals surface area contributed by atoms with E-state index in [9.17, 15) is 14.7 Å². The molecule has 0 radical (unpaired) electrons. The zero-order valence-corrected chi connectivity index (χ0v) is 26.7. The van der Waals surface area contributed by atoms with Gasteiger partial charge < -0.3 is 29.9 Å². The molecule has 3 aromatic rings. The van der Waals surface area contributed by atoms with Crippen LogP contribution in [0.2, 0.25) is 0 Å². The van der Waals surface area contributed by atoms with E-state index in [1.54, 1.807) is 30.4 Å². The molecular weight excluding hydrogens is 596 g/mol. The number of nitrogens with one attached hydrogen (secondary N) is 2. The van der Waals surface area contributed by atoms with Crippen LogP contribution in [0, 0.1) is 0 Å². The van der Waals surface area contributed by atoms with Gasteiger partial charge in [-0.15, -0.1) is 0 Å². The second-order valence-corrected chi connectivity index (χ2v) is 13.0. The first kappa shape index (κ1) is 29.9. The number of rotatable bonds is 7. The average Bonchev–Trinajstić information content (AvgIpc) is 3.46. The Bertz CT molecular complexity index is 1840. The van der Waals surface area contributed by atoms with Gasteiger partial charge in [-0.3, -0.25) is 19.4 Å². The minimum atomic E-state index is -0.319. The molecule has 0 saturated carbocycles. The predicted octanol–water partition coefficient (Wildman–Crippen LogP) is 3.02. The second-order valence-electron chi connectivity index (χ2n) is 13.0. The fourth-order valence-corrected chi connectivity index (χ4v) is 7.56. The van der Waals surface area contributed by atoms with Gasteiger partial charge in [-0.2, -0.15) is 0 Å². The summed E-state index contributed by atoms with van der Waals surface area (Å²) in [5.41, 5.74) is 7.62. The van der Waals surface area contributed by atoms with Crippen molar-refractivity contribution in [3.63, 3.8) is 0 Å². The fourth-order valence-electron chi connectivity index (χ4n) is 7.56. The van der Waals surface area contributed by atoms with Crippen LogP contribution in [0.5, 0.6) is 0 Å². The Kier molecular flexibility index (Phi) is 7.78. The number of hydrogen-bond donors (Lipinski definition) is 3. The van der Waals surface area contributed by atoms with Gasteiger partial charge in [0.15, 0.2) is 0 Å². The maximum absolute atomic E-state index is 13.8. The normalized spacial score (nSPS) is 20.3. The first-order chi connectivity index (χ1) is 23.0. The van der Waals surface area contributed by atoms with Gasteiger partial charge in [0.05, 0.1) is 44.4 Å². The summed E-state index contributed by atoms with van der Waals surface area (Å²) in [5.74, 6) is 0.911. The number of aliphatic hydroxyl groups is 1. The Morgan fingerprint density at radius 1 is 1.04 bits per heavy atom. The van der Waals surface area contributed by atoms with E-state index in [1.807, 2.05) is 24.4 Å². The van der Waals surface area contributed by atoms with Crippen molar-refractivity contribution in [2.45, 2.75) is 44.8 Å². The lowest BCUT2D eigenvalue weighted by atomic mass is 9.93. The van der Waals surface area contributed by atoms with Crippen LogP contribution in [0.4, 0.5) is 23.0 Å². The number of ether oxygens (including phenoxy) is 1.